The quantitative estimate of drug-likeness (QED) is 0.682. The molecule has 1 aromatic heterocycles. The summed E-state index contributed by atoms with van der Waals surface area (Å²) in [6.45, 7) is 2.96. The van der Waals surface area contributed by atoms with Crippen molar-refractivity contribution in [3.63, 3.8) is 0 Å². The monoisotopic (exact) mass is 398 g/mol. The number of carbonyl (C=O) groups is 1. The van der Waals surface area contributed by atoms with Crippen molar-refractivity contribution in [2.45, 2.75) is 19.6 Å². The van der Waals surface area contributed by atoms with Crippen molar-refractivity contribution in [2.24, 2.45) is 0 Å². The smallest absolute Gasteiger partial charge is 0.273 e. The Balaban J connectivity index is 1.35. The average molecular weight is 398 g/mol. The zero-order valence-corrected chi connectivity index (χ0v) is 15.7. The van der Waals surface area contributed by atoms with Crippen LogP contribution in [0.1, 0.15) is 34.8 Å². The molecule has 0 saturated heterocycles. The molecule has 1 amide bonds. The second-order valence-corrected chi connectivity index (χ2v) is 6.52. The minimum atomic E-state index is -0.371. The standard InChI is InChI=1S/C21H19FN2O5/c1-13(14-2-7-19-20(10-14)27-9-8-26-19)23-21(25)18-11-17(29-24-18)12-28-16-5-3-15(22)4-6-16/h2-7,10-11,13H,8-9,12H2,1H3,(H,23,25)/t13-/m0/s1. The normalized spacial score (nSPS) is 13.6. The molecule has 3 aromatic rings. The lowest BCUT2D eigenvalue weighted by molar-refractivity contribution is 0.0930. The van der Waals surface area contributed by atoms with Crippen molar-refractivity contribution in [3.05, 3.63) is 71.4 Å². The van der Waals surface area contributed by atoms with Gasteiger partial charge in [0.15, 0.2) is 23.0 Å². The van der Waals surface area contributed by atoms with Crippen molar-refractivity contribution in [1.82, 2.24) is 10.5 Å². The lowest BCUT2D eigenvalue weighted by Crippen LogP contribution is -2.27. The molecule has 7 nitrogen and oxygen atoms in total. The summed E-state index contributed by atoms with van der Waals surface area (Å²) in [5.74, 6) is 1.51. The van der Waals surface area contributed by atoms with E-state index in [1.807, 2.05) is 25.1 Å². The van der Waals surface area contributed by atoms with Crippen LogP contribution in [0.15, 0.2) is 53.1 Å². The van der Waals surface area contributed by atoms with E-state index >= 15 is 0 Å². The minimum Gasteiger partial charge on any atom is -0.486 e. The van der Waals surface area contributed by atoms with Crippen molar-refractivity contribution in [1.29, 1.82) is 0 Å². The van der Waals surface area contributed by atoms with Gasteiger partial charge in [0.25, 0.3) is 5.91 Å². The van der Waals surface area contributed by atoms with Gasteiger partial charge in [-0.05, 0) is 48.9 Å². The van der Waals surface area contributed by atoms with Gasteiger partial charge >= 0.3 is 0 Å². The Bertz CT molecular complexity index is 1000. The fourth-order valence-corrected chi connectivity index (χ4v) is 2.86. The molecular formula is C21H19FN2O5. The molecule has 150 valence electrons. The Morgan fingerprint density at radius 1 is 1.14 bits per heavy atom. The number of nitrogens with one attached hydrogen (secondary N) is 1. The first-order chi connectivity index (χ1) is 14.1. The van der Waals surface area contributed by atoms with E-state index in [0.717, 1.165) is 5.56 Å². The van der Waals surface area contributed by atoms with Crippen molar-refractivity contribution in [3.8, 4) is 17.2 Å². The van der Waals surface area contributed by atoms with Gasteiger partial charge in [0, 0.05) is 6.07 Å². The largest absolute Gasteiger partial charge is 0.486 e. The Morgan fingerprint density at radius 3 is 2.69 bits per heavy atom. The van der Waals surface area contributed by atoms with Gasteiger partial charge in [-0.2, -0.15) is 0 Å². The van der Waals surface area contributed by atoms with Crippen molar-refractivity contribution >= 4 is 5.91 Å². The molecule has 0 aliphatic carbocycles. The molecule has 2 heterocycles. The summed E-state index contributed by atoms with van der Waals surface area (Å²) in [5, 5.41) is 6.66. The van der Waals surface area contributed by atoms with Crippen LogP contribution in [0.2, 0.25) is 0 Å². The van der Waals surface area contributed by atoms with Gasteiger partial charge in [0.1, 0.15) is 31.4 Å². The van der Waals surface area contributed by atoms with E-state index < -0.39 is 0 Å². The number of aromatic nitrogens is 1. The number of ether oxygens (including phenoxy) is 3. The highest BCUT2D eigenvalue weighted by molar-refractivity contribution is 5.92. The Hall–Kier alpha value is -3.55. The molecule has 1 N–H and O–H groups in total. The van der Waals surface area contributed by atoms with Gasteiger partial charge in [-0.15, -0.1) is 0 Å². The topological polar surface area (TPSA) is 82.8 Å². The molecule has 1 atom stereocenters. The molecule has 29 heavy (non-hydrogen) atoms. The van der Waals surface area contributed by atoms with Crippen LogP contribution < -0.4 is 19.5 Å². The number of hydrogen-bond acceptors (Lipinski definition) is 6. The summed E-state index contributed by atoms with van der Waals surface area (Å²) >= 11 is 0. The third kappa shape index (κ3) is 4.48. The molecule has 0 saturated carbocycles. The summed E-state index contributed by atoms with van der Waals surface area (Å²) in [6.07, 6.45) is 0. The molecule has 0 bridgehead atoms. The number of fused-ring (bicyclic) bond motifs is 1. The minimum absolute atomic E-state index is 0.0730. The molecule has 0 spiro atoms. The number of carbonyl (C=O) groups excluding carboxylic acids is 1. The van der Waals surface area contributed by atoms with Gasteiger partial charge < -0.3 is 24.1 Å². The predicted octanol–water partition coefficient (Wildman–Crippen LogP) is 3.65. The van der Waals surface area contributed by atoms with Crippen LogP contribution in [-0.4, -0.2) is 24.3 Å². The fourth-order valence-electron chi connectivity index (χ4n) is 2.86. The molecule has 0 fully saturated rings. The van der Waals surface area contributed by atoms with Crippen LogP contribution in [0, 0.1) is 5.82 Å². The molecule has 1 aliphatic heterocycles. The highest BCUT2D eigenvalue weighted by Gasteiger charge is 2.18. The van der Waals surface area contributed by atoms with Crippen LogP contribution >= 0.6 is 0 Å². The van der Waals surface area contributed by atoms with E-state index in [0.29, 0.717) is 36.2 Å². The van der Waals surface area contributed by atoms with Crippen molar-refractivity contribution in [2.75, 3.05) is 13.2 Å². The van der Waals surface area contributed by atoms with Crippen LogP contribution in [-0.2, 0) is 6.61 Å². The first-order valence-corrected chi connectivity index (χ1v) is 9.13. The fraction of sp³-hybridized carbons (Fsp3) is 0.238. The Kier molecular flexibility index (Phi) is 5.33. The van der Waals surface area contributed by atoms with Crippen LogP contribution in [0.3, 0.4) is 0 Å². The molecule has 1 aliphatic rings. The summed E-state index contributed by atoms with van der Waals surface area (Å²) in [7, 11) is 0. The van der Waals surface area contributed by atoms with Crippen LogP contribution in [0.25, 0.3) is 0 Å². The molecule has 0 unspecified atom stereocenters. The van der Waals surface area contributed by atoms with E-state index in [2.05, 4.69) is 10.5 Å². The van der Waals surface area contributed by atoms with Crippen LogP contribution in [0.4, 0.5) is 4.39 Å². The highest BCUT2D eigenvalue weighted by Crippen LogP contribution is 2.32. The van der Waals surface area contributed by atoms with Gasteiger partial charge in [0.05, 0.1) is 6.04 Å². The lowest BCUT2D eigenvalue weighted by atomic mass is 10.1. The van der Waals surface area contributed by atoms with Crippen LogP contribution in [0.5, 0.6) is 17.2 Å². The number of amides is 1. The molecule has 2 aromatic carbocycles. The first-order valence-electron chi connectivity index (χ1n) is 9.13. The molecule has 8 heteroatoms. The van der Waals surface area contributed by atoms with Crippen molar-refractivity contribution < 1.29 is 27.9 Å². The van der Waals surface area contributed by atoms with E-state index in [9.17, 15) is 9.18 Å². The second-order valence-electron chi connectivity index (χ2n) is 6.52. The third-order valence-corrected chi connectivity index (χ3v) is 4.40. The summed E-state index contributed by atoms with van der Waals surface area (Å²) < 4.78 is 34.6. The summed E-state index contributed by atoms with van der Waals surface area (Å²) in [5.41, 5.74) is 1.03. The van der Waals surface area contributed by atoms with E-state index in [1.165, 1.54) is 30.3 Å². The Morgan fingerprint density at radius 2 is 1.90 bits per heavy atom. The zero-order valence-electron chi connectivity index (χ0n) is 15.7. The first kappa shape index (κ1) is 18.8. The lowest BCUT2D eigenvalue weighted by Gasteiger charge is -2.20. The summed E-state index contributed by atoms with van der Waals surface area (Å²) in [4.78, 5) is 12.5. The highest BCUT2D eigenvalue weighted by atomic mass is 19.1. The number of rotatable bonds is 6. The third-order valence-electron chi connectivity index (χ3n) is 4.40. The average Bonchev–Trinajstić information content (AvgIpc) is 3.22. The van der Waals surface area contributed by atoms with Gasteiger partial charge in [-0.25, -0.2) is 4.39 Å². The number of nitrogens with zero attached hydrogens (tertiary/aromatic N) is 1. The summed E-state index contributed by atoms with van der Waals surface area (Å²) in [6, 6.07) is 12.4. The Labute approximate surface area is 166 Å². The predicted molar refractivity (Wildman–Crippen MR) is 101 cm³/mol. The molecule has 4 rings (SSSR count). The van der Waals surface area contributed by atoms with Gasteiger partial charge in [-0.1, -0.05) is 11.2 Å². The van der Waals surface area contributed by atoms with Gasteiger partial charge in [0.2, 0.25) is 0 Å². The molecule has 0 radical (unpaired) electrons. The van der Waals surface area contributed by atoms with E-state index in [-0.39, 0.29) is 30.1 Å². The maximum Gasteiger partial charge on any atom is 0.273 e. The SMILES string of the molecule is C[C@H](NC(=O)c1cc(COc2ccc(F)cc2)on1)c1ccc2c(c1)OCCO2. The zero-order chi connectivity index (χ0) is 20.2. The maximum absolute atomic E-state index is 12.9. The molecular weight excluding hydrogens is 379 g/mol. The number of benzene rings is 2. The van der Waals surface area contributed by atoms with E-state index in [4.69, 9.17) is 18.7 Å². The van der Waals surface area contributed by atoms with E-state index in [1.54, 1.807) is 0 Å². The second kappa shape index (κ2) is 8.22. The number of halogens is 1. The van der Waals surface area contributed by atoms with Gasteiger partial charge in [-0.3, -0.25) is 4.79 Å². The maximum atomic E-state index is 12.9. The number of hydrogen-bond donors (Lipinski definition) is 1.